The number of hydrogen-bond donors (Lipinski definition) is 2. The Hall–Kier alpha value is -2.95. The Morgan fingerprint density at radius 1 is 1.14 bits per heavy atom. The van der Waals surface area contributed by atoms with Gasteiger partial charge in [0.25, 0.3) is 0 Å². The quantitative estimate of drug-likeness (QED) is 0.520. The third-order valence-corrected chi connectivity index (χ3v) is 6.82. The molecule has 1 aromatic carbocycles. The molecule has 10 nitrogen and oxygen atoms in total. The zero-order valence-electron chi connectivity index (χ0n) is 21.2. The summed E-state index contributed by atoms with van der Waals surface area (Å²) in [5.74, 6) is 1.02. The maximum absolute atomic E-state index is 9.68. The highest BCUT2D eigenvalue weighted by molar-refractivity contribution is 5.94. The molecule has 0 radical (unpaired) electrons. The minimum Gasteiger partial charge on any atom is -0.459 e. The van der Waals surface area contributed by atoms with Crippen LogP contribution in [0.2, 0.25) is 0 Å². The molecule has 10 heteroatoms. The number of aromatic nitrogens is 4. The number of anilines is 2. The van der Waals surface area contributed by atoms with Crippen molar-refractivity contribution in [1.29, 1.82) is 0 Å². The molecular weight excluding hydrogens is 444 g/mol. The number of rotatable bonds is 7. The Labute approximate surface area is 206 Å². The molecule has 1 fully saturated rings. The van der Waals surface area contributed by atoms with Gasteiger partial charge in [0, 0.05) is 50.2 Å². The lowest BCUT2D eigenvalue weighted by molar-refractivity contribution is 0.163. The van der Waals surface area contributed by atoms with E-state index in [4.69, 9.17) is 14.7 Å². The van der Waals surface area contributed by atoms with Crippen molar-refractivity contribution in [1.82, 2.24) is 30.0 Å². The molecule has 0 bridgehead atoms. The molecule has 2 aliphatic rings. The summed E-state index contributed by atoms with van der Waals surface area (Å²) in [6, 6.07) is 4.58. The molecule has 1 saturated heterocycles. The third kappa shape index (κ3) is 4.78. The summed E-state index contributed by atoms with van der Waals surface area (Å²) < 4.78 is 7.83. The number of nitrogens with zero attached hydrogens (tertiary/aromatic N) is 7. The fourth-order valence-electron chi connectivity index (χ4n) is 5.28. The van der Waals surface area contributed by atoms with Crippen LogP contribution in [0, 0.1) is 6.92 Å². The number of benzene rings is 1. The van der Waals surface area contributed by atoms with Gasteiger partial charge in [0.15, 0.2) is 0 Å². The molecule has 3 aromatic rings. The van der Waals surface area contributed by atoms with Gasteiger partial charge in [-0.05, 0) is 46.0 Å². The van der Waals surface area contributed by atoms with E-state index in [0.29, 0.717) is 12.6 Å². The molecular formula is C25H36N8O2. The normalized spacial score (nSPS) is 17.2. The first-order valence-corrected chi connectivity index (χ1v) is 12.4. The van der Waals surface area contributed by atoms with E-state index in [9.17, 15) is 5.11 Å². The molecule has 1 atom stereocenters. The predicted octanol–water partition coefficient (Wildman–Crippen LogP) is 1.39. The highest BCUT2D eigenvalue weighted by Gasteiger charge is 2.28. The molecule has 0 saturated carbocycles. The number of aryl methyl sites for hydroxylation is 1. The van der Waals surface area contributed by atoms with E-state index in [0.717, 1.165) is 73.8 Å². The number of nitrogens with one attached hydrogen (secondary N) is 1. The number of hydrogen-bond acceptors (Lipinski definition) is 9. The van der Waals surface area contributed by atoms with Crippen molar-refractivity contribution >= 4 is 22.4 Å². The van der Waals surface area contributed by atoms with E-state index >= 15 is 0 Å². The fourth-order valence-corrected chi connectivity index (χ4v) is 5.28. The van der Waals surface area contributed by atoms with Gasteiger partial charge in [0.2, 0.25) is 0 Å². The molecule has 4 heterocycles. The van der Waals surface area contributed by atoms with Gasteiger partial charge in [0.05, 0.1) is 29.6 Å². The molecule has 0 spiro atoms. The van der Waals surface area contributed by atoms with E-state index in [1.807, 2.05) is 26.4 Å². The maximum Gasteiger partial charge on any atom is 0.318 e. The molecule has 0 amide bonds. The molecule has 188 valence electrons. The SMILES string of the molecule is Cc1ccc2c(cnn2CO)c1N1CCc2c(nc(O[C@H](C)CN(C)C)nc2N2CCNCC2)C1. The summed E-state index contributed by atoms with van der Waals surface area (Å²) >= 11 is 0. The van der Waals surface area contributed by atoms with Crippen LogP contribution < -0.4 is 19.9 Å². The van der Waals surface area contributed by atoms with Crippen LogP contribution >= 0.6 is 0 Å². The van der Waals surface area contributed by atoms with Gasteiger partial charge < -0.3 is 29.9 Å². The maximum atomic E-state index is 9.68. The van der Waals surface area contributed by atoms with Crippen LogP contribution in [0.1, 0.15) is 23.7 Å². The van der Waals surface area contributed by atoms with Crippen molar-refractivity contribution in [2.45, 2.75) is 39.6 Å². The highest BCUT2D eigenvalue weighted by Crippen LogP contribution is 2.36. The van der Waals surface area contributed by atoms with Crippen LogP contribution in [-0.2, 0) is 19.7 Å². The van der Waals surface area contributed by atoms with Crippen molar-refractivity contribution < 1.29 is 9.84 Å². The van der Waals surface area contributed by atoms with Gasteiger partial charge in [-0.2, -0.15) is 15.1 Å². The molecule has 2 N–H and O–H groups in total. The number of aliphatic hydroxyl groups is 1. The summed E-state index contributed by atoms with van der Waals surface area (Å²) in [7, 11) is 4.08. The minimum absolute atomic E-state index is 0.0149. The first kappa shape index (κ1) is 23.8. The number of fused-ring (bicyclic) bond motifs is 2. The Balaban J connectivity index is 1.51. The molecule has 2 aromatic heterocycles. The Kier molecular flexibility index (Phi) is 6.77. The van der Waals surface area contributed by atoms with Crippen LogP contribution in [-0.4, -0.2) is 89.2 Å². The van der Waals surface area contributed by atoms with Crippen LogP contribution in [0.5, 0.6) is 6.01 Å². The Morgan fingerprint density at radius 2 is 1.94 bits per heavy atom. The van der Waals surface area contributed by atoms with Crippen LogP contribution in [0.25, 0.3) is 10.9 Å². The summed E-state index contributed by atoms with van der Waals surface area (Å²) in [6.07, 6.45) is 2.71. The van der Waals surface area contributed by atoms with E-state index < -0.39 is 0 Å². The first-order valence-electron chi connectivity index (χ1n) is 12.4. The summed E-state index contributed by atoms with van der Waals surface area (Å²) in [5.41, 5.74) is 5.53. The second kappa shape index (κ2) is 9.96. The third-order valence-electron chi connectivity index (χ3n) is 6.82. The van der Waals surface area contributed by atoms with Gasteiger partial charge in [-0.25, -0.2) is 4.68 Å². The zero-order chi connectivity index (χ0) is 24.5. The minimum atomic E-state index is -0.137. The van der Waals surface area contributed by atoms with Crippen molar-refractivity contribution in [2.24, 2.45) is 0 Å². The van der Waals surface area contributed by atoms with Crippen molar-refractivity contribution in [3.05, 3.63) is 35.2 Å². The predicted molar refractivity (Wildman–Crippen MR) is 137 cm³/mol. The number of aliphatic hydroxyl groups excluding tert-OH is 1. The monoisotopic (exact) mass is 480 g/mol. The molecule has 2 aliphatic heterocycles. The molecule has 35 heavy (non-hydrogen) atoms. The van der Waals surface area contributed by atoms with Crippen LogP contribution in [0.15, 0.2) is 18.3 Å². The van der Waals surface area contributed by atoms with Crippen molar-refractivity contribution in [3.8, 4) is 6.01 Å². The largest absolute Gasteiger partial charge is 0.459 e. The average molecular weight is 481 g/mol. The molecule has 0 unspecified atom stereocenters. The smallest absolute Gasteiger partial charge is 0.318 e. The number of ether oxygens (including phenoxy) is 1. The summed E-state index contributed by atoms with van der Waals surface area (Å²) in [4.78, 5) is 16.7. The number of piperazine rings is 1. The lowest BCUT2D eigenvalue weighted by Crippen LogP contribution is -2.45. The van der Waals surface area contributed by atoms with Crippen LogP contribution in [0.4, 0.5) is 11.5 Å². The Bertz CT molecular complexity index is 1190. The second-order valence-corrected chi connectivity index (χ2v) is 9.80. The second-order valence-electron chi connectivity index (χ2n) is 9.80. The fraction of sp³-hybridized carbons (Fsp3) is 0.560. The average Bonchev–Trinajstić information content (AvgIpc) is 3.26. The first-order chi connectivity index (χ1) is 16.9. The lowest BCUT2D eigenvalue weighted by atomic mass is 10.0. The van der Waals surface area contributed by atoms with Crippen molar-refractivity contribution in [2.75, 3.05) is 63.2 Å². The summed E-state index contributed by atoms with van der Waals surface area (Å²) in [5, 5.41) is 18.5. The molecule has 0 aliphatic carbocycles. The van der Waals surface area contributed by atoms with Crippen molar-refractivity contribution in [3.63, 3.8) is 0 Å². The zero-order valence-corrected chi connectivity index (χ0v) is 21.2. The summed E-state index contributed by atoms with van der Waals surface area (Å²) in [6.45, 7) is 10.2. The van der Waals surface area contributed by atoms with Gasteiger partial charge >= 0.3 is 6.01 Å². The topological polar surface area (TPSA) is 94.8 Å². The van der Waals surface area contributed by atoms with E-state index in [-0.39, 0.29) is 12.8 Å². The number of likely N-dealkylation sites (N-methyl/N-ethyl adjacent to an activating group) is 1. The van der Waals surface area contributed by atoms with E-state index in [1.165, 1.54) is 11.1 Å². The highest BCUT2D eigenvalue weighted by atomic mass is 16.5. The molecule has 5 rings (SSSR count). The van der Waals surface area contributed by atoms with Gasteiger partial charge in [-0.15, -0.1) is 0 Å². The van der Waals surface area contributed by atoms with Crippen LogP contribution in [0.3, 0.4) is 0 Å². The Morgan fingerprint density at radius 3 is 2.69 bits per heavy atom. The van der Waals surface area contributed by atoms with Gasteiger partial charge in [-0.3, -0.25) is 0 Å². The van der Waals surface area contributed by atoms with E-state index in [2.05, 4.69) is 45.0 Å². The van der Waals surface area contributed by atoms with Gasteiger partial charge in [-0.1, -0.05) is 6.07 Å². The van der Waals surface area contributed by atoms with Gasteiger partial charge in [0.1, 0.15) is 18.7 Å². The standard InChI is InChI=1S/C25H36N8O2/c1-17-5-6-22-20(13-27-33(22)16-34)23(17)32-10-7-19-21(15-32)28-25(35-18(2)14-30(3)4)29-24(19)31-11-8-26-9-12-31/h5-6,13,18,26,34H,7-12,14-16H2,1-4H3/t18-/m1/s1. The van der Waals surface area contributed by atoms with E-state index in [1.54, 1.807) is 4.68 Å². The lowest BCUT2D eigenvalue weighted by Gasteiger charge is -2.36.